The van der Waals surface area contributed by atoms with Gasteiger partial charge < -0.3 is 15.7 Å². The molecule has 0 aliphatic carbocycles. The van der Waals surface area contributed by atoms with E-state index in [2.05, 4.69) is 15.7 Å². The molecule has 0 aliphatic rings. The number of nitrogens with one attached hydrogen (secondary N) is 2. The summed E-state index contributed by atoms with van der Waals surface area (Å²) < 4.78 is 14.5. The molecule has 3 N–H and O–H groups in total. The first-order valence-electron chi connectivity index (χ1n) is 6.93. The molecule has 2 rings (SSSR count). The minimum Gasteiger partial charge on any atom is -0.504 e. The third-order valence-corrected chi connectivity index (χ3v) is 3.38. The molecular formula is C15H19FN4O2. The summed E-state index contributed by atoms with van der Waals surface area (Å²) in [6, 6.07) is 4.31. The Balaban J connectivity index is 2.22. The van der Waals surface area contributed by atoms with Crippen molar-refractivity contribution in [2.45, 2.75) is 19.9 Å². The predicted molar refractivity (Wildman–Crippen MR) is 80.8 cm³/mol. The van der Waals surface area contributed by atoms with E-state index in [1.165, 1.54) is 23.0 Å². The van der Waals surface area contributed by atoms with Crippen LogP contribution in [0.3, 0.4) is 0 Å². The maximum Gasteiger partial charge on any atom is 0.275 e. The molecule has 1 atom stereocenters. The Morgan fingerprint density at radius 1 is 1.50 bits per heavy atom. The number of aryl methyl sites for hydroxylation is 1. The van der Waals surface area contributed by atoms with E-state index in [1.807, 2.05) is 6.92 Å². The molecule has 7 heteroatoms. The second-order valence-electron chi connectivity index (χ2n) is 5.14. The molecule has 0 saturated heterocycles. The Morgan fingerprint density at radius 3 is 2.86 bits per heavy atom. The zero-order chi connectivity index (χ0) is 16.3. The number of aromatic hydroxyl groups is 1. The van der Waals surface area contributed by atoms with Gasteiger partial charge in [0.15, 0.2) is 11.4 Å². The first-order chi connectivity index (χ1) is 10.4. The number of hydrogen-bond donors (Lipinski definition) is 3. The van der Waals surface area contributed by atoms with Crippen LogP contribution >= 0.6 is 0 Å². The Bertz CT molecular complexity index is 684. The third kappa shape index (κ3) is 3.43. The van der Waals surface area contributed by atoms with Crippen molar-refractivity contribution in [3.05, 3.63) is 41.5 Å². The largest absolute Gasteiger partial charge is 0.504 e. The number of nitrogens with zero attached hydrogens (tertiary/aromatic N) is 2. The van der Waals surface area contributed by atoms with Crippen LogP contribution in [0.2, 0.25) is 0 Å². The van der Waals surface area contributed by atoms with Gasteiger partial charge in [-0.1, -0.05) is 0 Å². The molecule has 0 saturated carbocycles. The summed E-state index contributed by atoms with van der Waals surface area (Å²) in [7, 11) is 1.79. The maximum atomic E-state index is 13.1. The van der Waals surface area contributed by atoms with Gasteiger partial charge >= 0.3 is 0 Å². The molecule has 6 nitrogen and oxygen atoms in total. The van der Waals surface area contributed by atoms with Crippen molar-refractivity contribution in [3.63, 3.8) is 0 Å². The Morgan fingerprint density at radius 2 is 2.23 bits per heavy atom. The lowest BCUT2D eigenvalue weighted by Gasteiger charge is -2.10. The summed E-state index contributed by atoms with van der Waals surface area (Å²) >= 11 is 0. The van der Waals surface area contributed by atoms with Gasteiger partial charge in [-0.2, -0.15) is 5.10 Å². The molecule has 0 spiro atoms. The van der Waals surface area contributed by atoms with Crippen molar-refractivity contribution in [1.29, 1.82) is 0 Å². The summed E-state index contributed by atoms with van der Waals surface area (Å²) in [6.45, 7) is 4.06. The number of amides is 1. The molecule has 0 aliphatic heterocycles. The Kier molecular flexibility index (Phi) is 4.77. The second-order valence-corrected chi connectivity index (χ2v) is 5.14. The lowest BCUT2D eigenvalue weighted by molar-refractivity contribution is 0.0942. The van der Waals surface area contributed by atoms with Gasteiger partial charge in [0.2, 0.25) is 0 Å². The molecule has 1 heterocycles. The van der Waals surface area contributed by atoms with E-state index in [9.17, 15) is 14.3 Å². The van der Waals surface area contributed by atoms with Crippen LogP contribution in [0.1, 0.15) is 23.0 Å². The summed E-state index contributed by atoms with van der Waals surface area (Å²) in [4.78, 5) is 12.0. The fraction of sp³-hybridized carbons (Fsp3) is 0.333. The van der Waals surface area contributed by atoms with E-state index < -0.39 is 5.91 Å². The van der Waals surface area contributed by atoms with Crippen molar-refractivity contribution in [1.82, 2.24) is 20.4 Å². The number of carbonyl (C=O) groups is 1. The smallest absolute Gasteiger partial charge is 0.275 e. The number of rotatable bonds is 5. The highest BCUT2D eigenvalue weighted by Gasteiger charge is 2.18. The van der Waals surface area contributed by atoms with Crippen molar-refractivity contribution >= 4 is 5.91 Å². The SMILES string of the molecule is CNC(C)CNC(=O)c1nn(-c2ccc(F)cc2C)cc1O. The van der Waals surface area contributed by atoms with Crippen LogP contribution < -0.4 is 10.6 Å². The van der Waals surface area contributed by atoms with Crippen LogP contribution in [0, 0.1) is 12.7 Å². The molecule has 1 aromatic carbocycles. The molecule has 1 unspecified atom stereocenters. The normalized spacial score (nSPS) is 12.2. The van der Waals surface area contributed by atoms with E-state index in [4.69, 9.17) is 0 Å². The van der Waals surface area contributed by atoms with Crippen molar-refractivity contribution in [2.24, 2.45) is 0 Å². The van der Waals surface area contributed by atoms with Gasteiger partial charge in [0.1, 0.15) is 5.82 Å². The topological polar surface area (TPSA) is 79.2 Å². The summed E-state index contributed by atoms with van der Waals surface area (Å²) in [6.07, 6.45) is 1.33. The van der Waals surface area contributed by atoms with E-state index in [1.54, 1.807) is 20.0 Å². The van der Waals surface area contributed by atoms with E-state index in [0.717, 1.165) is 0 Å². The zero-order valence-electron chi connectivity index (χ0n) is 12.7. The van der Waals surface area contributed by atoms with Gasteiger partial charge in [-0.25, -0.2) is 9.07 Å². The number of carbonyl (C=O) groups excluding carboxylic acids is 1. The molecular weight excluding hydrogens is 287 g/mol. The molecule has 1 aromatic heterocycles. The molecule has 0 fully saturated rings. The van der Waals surface area contributed by atoms with E-state index >= 15 is 0 Å². The van der Waals surface area contributed by atoms with Crippen molar-refractivity contribution in [2.75, 3.05) is 13.6 Å². The number of hydrogen-bond acceptors (Lipinski definition) is 4. The van der Waals surface area contributed by atoms with Crippen LogP contribution in [0.4, 0.5) is 4.39 Å². The first-order valence-corrected chi connectivity index (χ1v) is 6.93. The van der Waals surface area contributed by atoms with Gasteiger partial charge in [0.25, 0.3) is 5.91 Å². The standard InChI is InChI=1S/C15H19FN4O2/c1-9-6-11(16)4-5-12(9)20-8-13(21)14(19-20)15(22)18-7-10(2)17-3/h4-6,8,10,17,21H,7H2,1-3H3,(H,18,22). The lowest BCUT2D eigenvalue weighted by Crippen LogP contribution is -2.37. The molecule has 22 heavy (non-hydrogen) atoms. The molecule has 0 radical (unpaired) electrons. The van der Waals surface area contributed by atoms with Crippen LogP contribution in [0.25, 0.3) is 5.69 Å². The quantitative estimate of drug-likeness (QED) is 0.779. The Hall–Kier alpha value is -2.41. The number of aromatic nitrogens is 2. The predicted octanol–water partition coefficient (Wildman–Crippen LogP) is 1.36. The highest BCUT2D eigenvalue weighted by atomic mass is 19.1. The Labute approximate surface area is 128 Å². The maximum absolute atomic E-state index is 13.1. The summed E-state index contributed by atoms with van der Waals surface area (Å²) in [5.74, 6) is -1.03. The van der Waals surface area contributed by atoms with E-state index in [0.29, 0.717) is 17.8 Å². The van der Waals surface area contributed by atoms with Crippen molar-refractivity contribution in [3.8, 4) is 11.4 Å². The molecule has 118 valence electrons. The monoisotopic (exact) mass is 306 g/mol. The van der Waals surface area contributed by atoms with Gasteiger partial charge in [-0.15, -0.1) is 0 Å². The van der Waals surface area contributed by atoms with Gasteiger partial charge in [-0.3, -0.25) is 4.79 Å². The average Bonchev–Trinajstić information content (AvgIpc) is 2.86. The molecule has 0 bridgehead atoms. The highest BCUT2D eigenvalue weighted by Crippen LogP contribution is 2.20. The van der Waals surface area contributed by atoms with Gasteiger partial charge in [-0.05, 0) is 44.7 Å². The average molecular weight is 306 g/mol. The number of likely N-dealkylation sites (N-methyl/N-ethyl adjacent to an activating group) is 1. The first kappa shape index (κ1) is 16.0. The van der Waals surface area contributed by atoms with Gasteiger partial charge in [0.05, 0.1) is 11.9 Å². The number of benzene rings is 1. The third-order valence-electron chi connectivity index (χ3n) is 3.38. The van der Waals surface area contributed by atoms with Crippen LogP contribution in [-0.4, -0.2) is 40.4 Å². The number of halogens is 1. The second kappa shape index (κ2) is 6.57. The van der Waals surface area contributed by atoms with Crippen molar-refractivity contribution < 1.29 is 14.3 Å². The lowest BCUT2D eigenvalue weighted by atomic mass is 10.2. The fourth-order valence-corrected chi connectivity index (χ4v) is 1.96. The minimum atomic E-state index is -0.460. The van der Waals surface area contributed by atoms with Crippen LogP contribution in [-0.2, 0) is 0 Å². The van der Waals surface area contributed by atoms with E-state index in [-0.39, 0.29) is 23.3 Å². The fourth-order valence-electron chi connectivity index (χ4n) is 1.96. The van der Waals surface area contributed by atoms with Crippen LogP contribution in [0.5, 0.6) is 5.75 Å². The highest BCUT2D eigenvalue weighted by molar-refractivity contribution is 5.94. The summed E-state index contributed by atoms with van der Waals surface area (Å²) in [5, 5.41) is 19.7. The van der Waals surface area contributed by atoms with Gasteiger partial charge in [0, 0.05) is 12.6 Å². The molecule has 1 amide bonds. The van der Waals surface area contributed by atoms with Crippen LogP contribution in [0.15, 0.2) is 24.4 Å². The zero-order valence-corrected chi connectivity index (χ0v) is 12.7. The molecule has 2 aromatic rings. The summed E-state index contributed by atoms with van der Waals surface area (Å²) in [5.41, 5.74) is 1.18. The minimum absolute atomic E-state index is 0.0629.